The first-order valence-electron chi connectivity index (χ1n) is 3.53. The van der Waals surface area contributed by atoms with Gasteiger partial charge in [-0.2, -0.15) is 0 Å². The molecule has 0 saturated carbocycles. The second kappa shape index (κ2) is 3.31. The van der Waals surface area contributed by atoms with Crippen LogP contribution in [0, 0.1) is 10.1 Å². The number of aromatic amines is 1. The molecular weight excluding hydrogens is 160 g/mol. The summed E-state index contributed by atoms with van der Waals surface area (Å²) in [5, 5.41) is 16.2. The maximum Gasteiger partial charge on any atom is 0.345 e. The normalized spacial score (nSPS) is 12.8. The van der Waals surface area contributed by atoms with Crippen LogP contribution in [0.25, 0.3) is 0 Å². The van der Waals surface area contributed by atoms with E-state index in [2.05, 4.69) is 10.2 Å². The number of nitrogens with two attached hydrogens (primary N) is 1. The molecule has 6 nitrogen and oxygen atoms in total. The molecule has 0 bridgehead atoms. The van der Waals surface area contributed by atoms with E-state index in [4.69, 9.17) is 5.73 Å². The molecule has 1 rings (SSSR count). The third-order valence-corrected chi connectivity index (χ3v) is 1.42. The lowest BCUT2D eigenvalue weighted by Gasteiger charge is -2.00. The quantitative estimate of drug-likeness (QED) is 0.500. The fourth-order valence-electron chi connectivity index (χ4n) is 0.959. The van der Waals surface area contributed by atoms with Gasteiger partial charge in [0.15, 0.2) is 0 Å². The van der Waals surface area contributed by atoms with Crippen molar-refractivity contribution in [1.82, 2.24) is 10.2 Å². The van der Waals surface area contributed by atoms with Gasteiger partial charge in [0.25, 0.3) is 0 Å². The Morgan fingerprint density at radius 3 is 3.08 bits per heavy atom. The van der Waals surface area contributed by atoms with Crippen molar-refractivity contribution in [3.05, 3.63) is 21.9 Å². The fourth-order valence-corrected chi connectivity index (χ4v) is 0.959. The van der Waals surface area contributed by atoms with Crippen LogP contribution in [0.4, 0.5) is 5.82 Å². The number of aromatic nitrogens is 2. The molecule has 0 aromatic carbocycles. The molecule has 0 aliphatic carbocycles. The summed E-state index contributed by atoms with van der Waals surface area (Å²) in [5.41, 5.74) is 6.04. The van der Waals surface area contributed by atoms with E-state index >= 15 is 0 Å². The Labute approximate surface area is 68.9 Å². The molecule has 1 atom stereocenters. The summed E-state index contributed by atoms with van der Waals surface area (Å²) in [6.07, 6.45) is 1.90. The van der Waals surface area contributed by atoms with E-state index < -0.39 is 4.92 Å². The Morgan fingerprint density at radius 2 is 2.58 bits per heavy atom. The lowest BCUT2D eigenvalue weighted by molar-refractivity contribution is -0.390. The molecule has 0 amide bonds. The Bertz CT molecular complexity index is 281. The van der Waals surface area contributed by atoms with Crippen LogP contribution in [-0.4, -0.2) is 21.2 Å². The maximum absolute atomic E-state index is 10.4. The van der Waals surface area contributed by atoms with Crippen molar-refractivity contribution in [2.75, 3.05) is 0 Å². The molecule has 1 aromatic heterocycles. The zero-order valence-corrected chi connectivity index (χ0v) is 6.65. The Balaban J connectivity index is 2.84. The van der Waals surface area contributed by atoms with E-state index in [1.54, 1.807) is 6.92 Å². The fraction of sp³-hybridized carbons (Fsp3) is 0.500. The topological polar surface area (TPSA) is 97.8 Å². The van der Waals surface area contributed by atoms with E-state index in [0.717, 1.165) is 0 Å². The van der Waals surface area contributed by atoms with Gasteiger partial charge in [0.05, 0.1) is 11.8 Å². The summed E-state index contributed by atoms with van der Waals surface area (Å²) < 4.78 is 0. The maximum atomic E-state index is 10.4. The van der Waals surface area contributed by atoms with Crippen LogP contribution < -0.4 is 5.73 Å². The molecular formula is C6H10N4O2. The zero-order valence-electron chi connectivity index (χ0n) is 6.65. The summed E-state index contributed by atoms with van der Waals surface area (Å²) in [5.74, 6) is -0.0627. The van der Waals surface area contributed by atoms with Gasteiger partial charge in [0, 0.05) is 6.04 Å². The number of hydrogen-bond donors (Lipinski definition) is 2. The SMILES string of the molecule is C[C@H](N)Cc1cn[nH]c1[N+](=O)[O-]. The number of nitro groups is 1. The van der Waals surface area contributed by atoms with Crippen molar-refractivity contribution < 1.29 is 4.92 Å². The lowest BCUT2D eigenvalue weighted by atomic mass is 10.1. The number of nitrogens with one attached hydrogen (secondary N) is 1. The van der Waals surface area contributed by atoms with Gasteiger partial charge >= 0.3 is 5.82 Å². The minimum absolute atomic E-state index is 0.0627. The van der Waals surface area contributed by atoms with Gasteiger partial charge in [-0.25, -0.2) is 0 Å². The third-order valence-electron chi connectivity index (χ3n) is 1.42. The van der Waals surface area contributed by atoms with Crippen LogP contribution in [-0.2, 0) is 6.42 Å². The average Bonchev–Trinajstić information content (AvgIpc) is 2.33. The van der Waals surface area contributed by atoms with E-state index in [1.807, 2.05) is 0 Å². The molecule has 0 radical (unpaired) electrons. The van der Waals surface area contributed by atoms with Crippen LogP contribution in [0.3, 0.4) is 0 Å². The highest BCUT2D eigenvalue weighted by molar-refractivity contribution is 5.29. The summed E-state index contributed by atoms with van der Waals surface area (Å²) in [6.45, 7) is 1.79. The molecule has 0 fully saturated rings. The Morgan fingerprint density at radius 1 is 1.92 bits per heavy atom. The van der Waals surface area contributed by atoms with Crippen molar-refractivity contribution in [2.45, 2.75) is 19.4 Å². The molecule has 3 N–H and O–H groups in total. The third kappa shape index (κ3) is 1.79. The predicted molar refractivity (Wildman–Crippen MR) is 42.6 cm³/mol. The van der Waals surface area contributed by atoms with Gasteiger partial charge in [-0.1, -0.05) is 5.10 Å². The van der Waals surface area contributed by atoms with Crippen molar-refractivity contribution >= 4 is 5.82 Å². The number of hydrogen-bond acceptors (Lipinski definition) is 4. The minimum Gasteiger partial charge on any atom is -0.358 e. The molecule has 12 heavy (non-hydrogen) atoms. The first-order chi connectivity index (χ1) is 5.61. The Kier molecular flexibility index (Phi) is 2.39. The molecule has 0 saturated heterocycles. The highest BCUT2D eigenvalue weighted by Crippen LogP contribution is 2.14. The molecule has 6 heteroatoms. The molecule has 0 aliphatic rings. The van der Waals surface area contributed by atoms with Gasteiger partial charge < -0.3 is 15.8 Å². The summed E-state index contributed by atoms with van der Waals surface area (Å²) in [4.78, 5) is 9.86. The van der Waals surface area contributed by atoms with Crippen molar-refractivity contribution in [3.63, 3.8) is 0 Å². The number of nitrogens with zero attached hydrogens (tertiary/aromatic N) is 2. The van der Waals surface area contributed by atoms with Crippen LogP contribution in [0.1, 0.15) is 12.5 Å². The van der Waals surface area contributed by atoms with E-state index in [-0.39, 0.29) is 11.9 Å². The minimum atomic E-state index is -0.495. The summed E-state index contributed by atoms with van der Waals surface area (Å²) >= 11 is 0. The summed E-state index contributed by atoms with van der Waals surface area (Å²) in [6, 6.07) is -0.0960. The van der Waals surface area contributed by atoms with Crippen molar-refractivity contribution in [2.24, 2.45) is 5.73 Å². The van der Waals surface area contributed by atoms with E-state index in [1.165, 1.54) is 6.20 Å². The molecule has 0 unspecified atom stereocenters. The molecule has 1 heterocycles. The average molecular weight is 170 g/mol. The molecule has 0 aliphatic heterocycles. The highest BCUT2D eigenvalue weighted by Gasteiger charge is 2.15. The van der Waals surface area contributed by atoms with Gasteiger partial charge in [-0.15, -0.1) is 5.10 Å². The number of H-pyrrole nitrogens is 1. The lowest BCUT2D eigenvalue weighted by Crippen LogP contribution is -2.18. The number of rotatable bonds is 3. The second-order valence-electron chi connectivity index (χ2n) is 2.68. The monoisotopic (exact) mass is 170 g/mol. The van der Waals surface area contributed by atoms with Crippen molar-refractivity contribution in [3.8, 4) is 0 Å². The van der Waals surface area contributed by atoms with Crippen LogP contribution in [0.2, 0.25) is 0 Å². The van der Waals surface area contributed by atoms with Crippen LogP contribution in [0.5, 0.6) is 0 Å². The van der Waals surface area contributed by atoms with Gasteiger partial charge in [0.2, 0.25) is 0 Å². The van der Waals surface area contributed by atoms with E-state index in [9.17, 15) is 10.1 Å². The Hall–Kier alpha value is -1.43. The smallest absolute Gasteiger partial charge is 0.345 e. The van der Waals surface area contributed by atoms with Crippen LogP contribution in [0.15, 0.2) is 6.20 Å². The second-order valence-corrected chi connectivity index (χ2v) is 2.68. The largest absolute Gasteiger partial charge is 0.358 e. The van der Waals surface area contributed by atoms with Gasteiger partial charge in [-0.3, -0.25) is 0 Å². The van der Waals surface area contributed by atoms with Crippen molar-refractivity contribution in [1.29, 1.82) is 0 Å². The molecule has 66 valence electrons. The standard InChI is InChI=1S/C6H10N4O2/c1-4(7)2-5-3-8-9-6(5)10(11)12/h3-4H,2,7H2,1H3,(H,8,9)/t4-/m0/s1. The van der Waals surface area contributed by atoms with Crippen LogP contribution >= 0.6 is 0 Å². The molecule has 0 spiro atoms. The molecule has 1 aromatic rings. The zero-order chi connectivity index (χ0) is 9.14. The van der Waals surface area contributed by atoms with Gasteiger partial charge in [-0.05, 0) is 18.3 Å². The first-order valence-corrected chi connectivity index (χ1v) is 3.53. The van der Waals surface area contributed by atoms with E-state index in [0.29, 0.717) is 12.0 Å². The first kappa shape index (κ1) is 8.66. The summed E-state index contributed by atoms with van der Waals surface area (Å²) in [7, 11) is 0. The van der Waals surface area contributed by atoms with Gasteiger partial charge in [0.1, 0.15) is 0 Å². The highest BCUT2D eigenvalue weighted by atomic mass is 16.6. The predicted octanol–water partition coefficient (Wildman–Crippen LogP) is 0.208.